The average Bonchev–Trinajstić information content (AvgIpc) is 2.94. The molecule has 1 N–H and O–H groups in total. The molecule has 20 heavy (non-hydrogen) atoms. The standard InChI is InChI=1S/C14H12N2O4/c15-7-9-5-6-18-14(9)16-13(17)12-8-19-10-3-1-2-4-11(10)20-12/h1-4,12H,5-6,8H2,(H,16,17)/t12-/m0/s1. The topological polar surface area (TPSA) is 80.6 Å². The van der Waals surface area contributed by atoms with E-state index in [1.807, 2.05) is 12.1 Å². The molecule has 0 fully saturated rings. The third-order valence-electron chi connectivity index (χ3n) is 3.05. The van der Waals surface area contributed by atoms with E-state index in [9.17, 15) is 4.79 Å². The van der Waals surface area contributed by atoms with Gasteiger partial charge in [-0.25, -0.2) is 0 Å². The van der Waals surface area contributed by atoms with Crippen LogP contribution in [0.25, 0.3) is 0 Å². The van der Waals surface area contributed by atoms with Crippen molar-refractivity contribution in [1.82, 2.24) is 5.32 Å². The van der Waals surface area contributed by atoms with Crippen LogP contribution in [-0.4, -0.2) is 25.2 Å². The highest BCUT2D eigenvalue weighted by molar-refractivity contribution is 5.83. The van der Waals surface area contributed by atoms with Gasteiger partial charge in [0.25, 0.3) is 5.91 Å². The summed E-state index contributed by atoms with van der Waals surface area (Å²) in [6, 6.07) is 9.16. The molecule has 1 atom stereocenters. The molecule has 1 amide bonds. The number of nitrogens with zero attached hydrogens (tertiary/aromatic N) is 1. The molecule has 2 aliphatic heterocycles. The number of amides is 1. The van der Waals surface area contributed by atoms with Gasteiger partial charge in [0.05, 0.1) is 12.2 Å². The second-order valence-electron chi connectivity index (χ2n) is 4.37. The number of nitriles is 1. The zero-order valence-electron chi connectivity index (χ0n) is 10.6. The van der Waals surface area contributed by atoms with Gasteiger partial charge in [0.2, 0.25) is 12.0 Å². The van der Waals surface area contributed by atoms with E-state index in [2.05, 4.69) is 5.32 Å². The lowest BCUT2D eigenvalue weighted by Gasteiger charge is -2.25. The summed E-state index contributed by atoms with van der Waals surface area (Å²) in [6.45, 7) is 0.529. The lowest BCUT2D eigenvalue weighted by atomic mass is 10.2. The minimum atomic E-state index is -0.762. The Morgan fingerprint density at radius 1 is 1.30 bits per heavy atom. The van der Waals surface area contributed by atoms with Crippen molar-refractivity contribution in [2.45, 2.75) is 12.5 Å². The average molecular weight is 272 g/mol. The number of para-hydroxylation sites is 2. The molecule has 6 nitrogen and oxygen atoms in total. The molecule has 0 bridgehead atoms. The van der Waals surface area contributed by atoms with E-state index in [-0.39, 0.29) is 18.4 Å². The molecule has 1 aromatic carbocycles. The first kappa shape index (κ1) is 12.4. The highest BCUT2D eigenvalue weighted by Crippen LogP contribution is 2.31. The van der Waals surface area contributed by atoms with Crippen LogP contribution in [-0.2, 0) is 9.53 Å². The number of benzene rings is 1. The van der Waals surface area contributed by atoms with E-state index in [0.717, 1.165) is 0 Å². The van der Waals surface area contributed by atoms with Crippen molar-refractivity contribution < 1.29 is 19.0 Å². The van der Waals surface area contributed by atoms with Crippen molar-refractivity contribution in [2.24, 2.45) is 0 Å². The second-order valence-corrected chi connectivity index (χ2v) is 4.37. The van der Waals surface area contributed by atoms with Gasteiger partial charge in [-0.1, -0.05) is 12.1 Å². The summed E-state index contributed by atoms with van der Waals surface area (Å²) >= 11 is 0. The van der Waals surface area contributed by atoms with Gasteiger partial charge in [0, 0.05) is 6.42 Å². The van der Waals surface area contributed by atoms with Crippen molar-refractivity contribution in [2.75, 3.05) is 13.2 Å². The normalized spacial score (nSPS) is 20.1. The summed E-state index contributed by atoms with van der Waals surface area (Å²) in [5, 5.41) is 11.5. The number of carbonyl (C=O) groups excluding carboxylic acids is 1. The molecule has 0 unspecified atom stereocenters. The first-order valence-electron chi connectivity index (χ1n) is 6.23. The van der Waals surface area contributed by atoms with Crippen molar-refractivity contribution >= 4 is 5.91 Å². The van der Waals surface area contributed by atoms with Crippen LogP contribution in [0.2, 0.25) is 0 Å². The predicted octanol–water partition coefficient (Wildman–Crippen LogP) is 1.10. The number of fused-ring (bicyclic) bond motifs is 1. The fourth-order valence-electron chi connectivity index (χ4n) is 2.02. The van der Waals surface area contributed by atoms with E-state index in [1.54, 1.807) is 18.2 Å². The molecule has 102 valence electrons. The van der Waals surface area contributed by atoms with Crippen LogP contribution in [0.3, 0.4) is 0 Å². The van der Waals surface area contributed by atoms with Gasteiger partial charge >= 0.3 is 0 Å². The number of ether oxygens (including phenoxy) is 3. The highest BCUT2D eigenvalue weighted by Gasteiger charge is 2.29. The zero-order chi connectivity index (χ0) is 13.9. The molecule has 0 radical (unpaired) electrons. The maximum atomic E-state index is 12.1. The highest BCUT2D eigenvalue weighted by atomic mass is 16.6. The molecule has 3 rings (SSSR count). The summed E-state index contributed by atoms with van der Waals surface area (Å²) in [5.41, 5.74) is 0.440. The van der Waals surface area contributed by atoms with Crippen molar-refractivity contribution in [3.63, 3.8) is 0 Å². The van der Waals surface area contributed by atoms with Gasteiger partial charge in [0.1, 0.15) is 12.7 Å². The quantitative estimate of drug-likeness (QED) is 0.871. The van der Waals surface area contributed by atoms with Crippen molar-refractivity contribution in [1.29, 1.82) is 5.26 Å². The van der Waals surface area contributed by atoms with Gasteiger partial charge in [-0.05, 0) is 12.1 Å². The summed E-state index contributed by atoms with van der Waals surface area (Å²) in [4.78, 5) is 12.1. The molecule has 0 spiro atoms. The Hall–Kier alpha value is -2.68. The van der Waals surface area contributed by atoms with Crippen LogP contribution in [0.5, 0.6) is 11.5 Å². The van der Waals surface area contributed by atoms with E-state index >= 15 is 0 Å². The predicted molar refractivity (Wildman–Crippen MR) is 67.7 cm³/mol. The van der Waals surface area contributed by atoms with Crippen LogP contribution >= 0.6 is 0 Å². The monoisotopic (exact) mass is 272 g/mol. The molecule has 6 heteroatoms. The van der Waals surface area contributed by atoms with Crippen LogP contribution in [0.15, 0.2) is 35.7 Å². The second kappa shape index (κ2) is 5.13. The van der Waals surface area contributed by atoms with Crippen molar-refractivity contribution in [3.05, 3.63) is 35.7 Å². The molecule has 0 aromatic heterocycles. The van der Waals surface area contributed by atoms with E-state index in [4.69, 9.17) is 19.5 Å². The smallest absolute Gasteiger partial charge is 0.271 e. The summed E-state index contributed by atoms with van der Waals surface area (Å²) in [6.07, 6.45) is -0.252. The molecule has 2 heterocycles. The molecular formula is C14H12N2O4. The van der Waals surface area contributed by atoms with Gasteiger partial charge in [-0.15, -0.1) is 0 Å². The molecule has 1 aromatic rings. The first-order chi connectivity index (χ1) is 9.78. The zero-order valence-corrected chi connectivity index (χ0v) is 10.6. The Morgan fingerprint density at radius 3 is 2.90 bits per heavy atom. The number of hydrogen-bond donors (Lipinski definition) is 1. The lowest BCUT2D eigenvalue weighted by Crippen LogP contribution is -2.43. The van der Waals surface area contributed by atoms with E-state index in [1.165, 1.54) is 0 Å². The molecule has 2 aliphatic rings. The van der Waals surface area contributed by atoms with E-state index < -0.39 is 6.10 Å². The van der Waals surface area contributed by atoms with Gasteiger partial charge in [-0.3, -0.25) is 10.1 Å². The Morgan fingerprint density at radius 2 is 2.10 bits per heavy atom. The van der Waals surface area contributed by atoms with Crippen LogP contribution in [0, 0.1) is 11.3 Å². The summed E-state index contributed by atoms with van der Waals surface area (Å²) < 4.78 is 16.3. The Labute approximate surface area is 115 Å². The van der Waals surface area contributed by atoms with E-state index in [0.29, 0.717) is 30.1 Å². The maximum absolute atomic E-state index is 12.1. The minimum absolute atomic E-state index is 0.123. The largest absolute Gasteiger partial charge is 0.485 e. The van der Waals surface area contributed by atoms with Crippen LogP contribution in [0.4, 0.5) is 0 Å². The third kappa shape index (κ3) is 2.26. The van der Waals surface area contributed by atoms with Crippen LogP contribution < -0.4 is 14.8 Å². The van der Waals surface area contributed by atoms with Crippen molar-refractivity contribution in [3.8, 4) is 17.6 Å². The minimum Gasteiger partial charge on any atom is -0.485 e. The Kier molecular flexibility index (Phi) is 3.17. The van der Waals surface area contributed by atoms with Crippen LogP contribution in [0.1, 0.15) is 6.42 Å². The number of nitrogens with one attached hydrogen (secondary N) is 1. The third-order valence-corrected chi connectivity index (χ3v) is 3.05. The molecule has 0 aliphatic carbocycles. The summed E-state index contributed by atoms with van der Waals surface area (Å²) in [5.74, 6) is 0.982. The molecule has 0 saturated carbocycles. The Bertz CT molecular complexity index is 618. The van der Waals surface area contributed by atoms with Gasteiger partial charge in [0.15, 0.2) is 11.5 Å². The first-order valence-corrected chi connectivity index (χ1v) is 6.23. The SMILES string of the molecule is N#CC1=C(NC(=O)[C@@H]2COc3ccccc3O2)OCC1. The van der Waals surface area contributed by atoms with Gasteiger partial charge in [-0.2, -0.15) is 5.26 Å². The fourth-order valence-corrected chi connectivity index (χ4v) is 2.02. The number of carbonyl (C=O) groups is 1. The number of rotatable bonds is 2. The maximum Gasteiger partial charge on any atom is 0.271 e. The molecule has 0 saturated heterocycles. The van der Waals surface area contributed by atoms with Gasteiger partial charge < -0.3 is 14.2 Å². The number of hydrogen-bond acceptors (Lipinski definition) is 5. The lowest BCUT2D eigenvalue weighted by molar-refractivity contribution is -0.130. The Balaban J connectivity index is 1.69. The fraction of sp³-hybridized carbons (Fsp3) is 0.286. The molecular weight excluding hydrogens is 260 g/mol. The summed E-state index contributed by atoms with van der Waals surface area (Å²) in [7, 11) is 0.